The zero-order valence-corrected chi connectivity index (χ0v) is 19.5. The van der Waals surface area contributed by atoms with Crippen LogP contribution in [0.2, 0.25) is 0 Å². The smallest absolute Gasteiger partial charge is 0.323 e. The van der Waals surface area contributed by atoms with E-state index in [1.165, 1.54) is 21.3 Å². The Balaban J connectivity index is 2.04. The molecule has 0 saturated heterocycles. The molecule has 176 valence electrons. The molecule has 2 aromatic carbocycles. The number of benzene rings is 2. The van der Waals surface area contributed by atoms with Gasteiger partial charge in [-0.2, -0.15) is 0 Å². The molecule has 2 aromatic rings. The predicted octanol–water partition coefficient (Wildman–Crippen LogP) is 4.06. The van der Waals surface area contributed by atoms with Crippen LogP contribution in [0.25, 0.3) is 11.5 Å². The molecule has 0 bridgehead atoms. The molecule has 1 heterocycles. The van der Waals surface area contributed by atoms with Crippen LogP contribution in [0.3, 0.4) is 0 Å². The van der Waals surface area contributed by atoms with Gasteiger partial charge in [0.15, 0.2) is 5.41 Å². The van der Waals surface area contributed by atoms with E-state index in [-0.39, 0.29) is 12.8 Å². The van der Waals surface area contributed by atoms with E-state index < -0.39 is 28.7 Å². The van der Waals surface area contributed by atoms with E-state index in [0.29, 0.717) is 17.1 Å². The van der Waals surface area contributed by atoms with Crippen LogP contribution in [0.4, 0.5) is 0 Å². The Hall–Kier alpha value is -3.87. The number of aryl methyl sites for hydroxylation is 1. The minimum Gasteiger partial charge on any atom is -0.468 e. The van der Waals surface area contributed by atoms with E-state index in [2.05, 4.69) is 0 Å². The molecule has 1 unspecified atom stereocenters. The van der Waals surface area contributed by atoms with Crippen molar-refractivity contribution < 1.29 is 33.3 Å². The monoisotopic (exact) mass is 462 g/mol. The summed E-state index contributed by atoms with van der Waals surface area (Å²) >= 11 is 0. The van der Waals surface area contributed by atoms with Crippen molar-refractivity contribution in [3.8, 4) is 0 Å². The maximum atomic E-state index is 13.4. The molecule has 1 fully saturated rings. The first-order valence-electron chi connectivity index (χ1n) is 10.8. The van der Waals surface area contributed by atoms with Crippen molar-refractivity contribution in [1.82, 2.24) is 0 Å². The third-order valence-electron chi connectivity index (χ3n) is 6.50. The van der Waals surface area contributed by atoms with E-state index in [9.17, 15) is 14.4 Å². The van der Waals surface area contributed by atoms with Crippen molar-refractivity contribution in [1.29, 1.82) is 0 Å². The van der Waals surface area contributed by atoms with Gasteiger partial charge in [-0.3, -0.25) is 14.4 Å². The van der Waals surface area contributed by atoms with Crippen LogP contribution < -0.4 is 0 Å². The first kappa shape index (κ1) is 23.3. The fraction of sp³-hybridized carbons (Fsp3) is 0.296. The predicted molar refractivity (Wildman–Crippen MR) is 124 cm³/mol. The number of rotatable bonds is 5. The number of esters is 3. The molecular weight excluding hydrogens is 436 g/mol. The normalized spacial score (nSPS) is 20.5. The average molecular weight is 462 g/mol. The lowest BCUT2D eigenvalue weighted by molar-refractivity contribution is -0.169. The molecule has 7 nitrogen and oxygen atoms in total. The first-order chi connectivity index (χ1) is 16.3. The van der Waals surface area contributed by atoms with E-state index in [4.69, 9.17) is 18.9 Å². The number of hydrogen-bond donors (Lipinski definition) is 0. The van der Waals surface area contributed by atoms with Gasteiger partial charge in [0.1, 0.15) is 16.9 Å². The summed E-state index contributed by atoms with van der Waals surface area (Å²) in [6, 6.07) is 16.9. The number of hydrogen-bond acceptors (Lipinski definition) is 7. The molecule has 0 N–H and O–H groups in total. The van der Waals surface area contributed by atoms with E-state index in [1.807, 2.05) is 61.5 Å². The Morgan fingerprint density at radius 3 is 2.03 bits per heavy atom. The van der Waals surface area contributed by atoms with Gasteiger partial charge in [-0.1, -0.05) is 54.1 Å². The SMILES string of the molecule is COC(=O)C12C=C(c3ccccc3)OC(c3cccc(C)c3)=C1CC(C(=O)OC)(C(=O)OC)C2. The van der Waals surface area contributed by atoms with Crippen LogP contribution in [-0.4, -0.2) is 39.2 Å². The zero-order chi connectivity index (χ0) is 24.5. The largest absolute Gasteiger partial charge is 0.468 e. The second-order valence-electron chi connectivity index (χ2n) is 8.54. The van der Waals surface area contributed by atoms with Crippen LogP contribution in [0.15, 0.2) is 66.2 Å². The molecule has 0 amide bonds. The van der Waals surface area contributed by atoms with Crippen molar-refractivity contribution in [2.24, 2.45) is 10.8 Å². The third-order valence-corrected chi connectivity index (χ3v) is 6.50. The maximum Gasteiger partial charge on any atom is 0.323 e. The van der Waals surface area contributed by atoms with E-state index >= 15 is 0 Å². The van der Waals surface area contributed by atoms with Gasteiger partial charge in [-0.25, -0.2) is 0 Å². The highest BCUT2D eigenvalue weighted by molar-refractivity contribution is 6.05. The Bertz CT molecular complexity index is 1190. The molecule has 7 heteroatoms. The lowest BCUT2D eigenvalue weighted by Crippen LogP contribution is -2.41. The standard InChI is InChI=1S/C27H26O7/c1-17-9-8-12-19(13-17)22-20-14-27(24(29)32-3,25(30)33-4)16-26(20,23(28)31-2)15-21(34-22)18-10-6-5-7-11-18/h5-13,15H,14,16H2,1-4H3. The Kier molecular flexibility index (Phi) is 6.04. The van der Waals surface area contributed by atoms with Crippen LogP contribution in [0, 0.1) is 17.8 Å². The Labute approximate surface area is 198 Å². The van der Waals surface area contributed by atoms with Gasteiger partial charge in [0.2, 0.25) is 0 Å². The summed E-state index contributed by atoms with van der Waals surface area (Å²) in [6.45, 7) is 1.95. The molecular formula is C27H26O7. The third kappa shape index (κ3) is 3.57. The quantitative estimate of drug-likeness (QED) is 0.376. The van der Waals surface area contributed by atoms with Crippen molar-refractivity contribution in [3.63, 3.8) is 0 Å². The number of carbonyl (C=O) groups excluding carboxylic acids is 3. The van der Waals surface area contributed by atoms with Gasteiger partial charge in [-0.15, -0.1) is 0 Å². The molecule has 4 rings (SSSR count). The summed E-state index contributed by atoms with van der Waals surface area (Å²) in [5, 5.41) is 0. The summed E-state index contributed by atoms with van der Waals surface area (Å²) in [5.41, 5.74) is -0.244. The summed E-state index contributed by atoms with van der Waals surface area (Å²) in [7, 11) is 3.69. The number of fused-ring (bicyclic) bond motifs is 1. The summed E-state index contributed by atoms with van der Waals surface area (Å²) < 4.78 is 21.7. The molecule has 1 aliphatic carbocycles. The molecule has 0 aromatic heterocycles. The highest BCUT2D eigenvalue weighted by Crippen LogP contribution is 2.60. The van der Waals surface area contributed by atoms with Gasteiger partial charge >= 0.3 is 17.9 Å². The van der Waals surface area contributed by atoms with Crippen molar-refractivity contribution in [2.45, 2.75) is 19.8 Å². The zero-order valence-electron chi connectivity index (χ0n) is 19.5. The number of methoxy groups -OCH3 is 3. The number of carbonyl (C=O) groups is 3. The van der Waals surface area contributed by atoms with Crippen LogP contribution in [0.5, 0.6) is 0 Å². The minimum absolute atomic E-state index is 0.108. The molecule has 0 spiro atoms. The van der Waals surface area contributed by atoms with Crippen molar-refractivity contribution >= 4 is 29.4 Å². The molecule has 34 heavy (non-hydrogen) atoms. The summed E-state index contributed by atoms with van der Waals surface area (Å²) in [5.74, 6) is -1.31. The van der Waals surface area contributed by atoms with E-state index in [0.717, 1.165) is 16.7 Å². The van der Waals surface area contributed by atoms with Crippen molar-refractivity contribution in [2.75, 3.05) is 21.3 Å². The first-order valence-corrected chi connectivity index (χ1v) is 10.8. The van der Waals surface area contributed by atoms with Gasteiger partial charge in [-0.05, 0) is 31.1 Å². The van der Waals surface area contributed by atoms with Crippen molar-refractivity contribution in [3.05, 3.63) is 82.9 Å². The topological polar surface area (TPSA) is 88.1 Å². The van der Waals surface area contributed by atoms with Crippen LogP contribution >= 0.6 is 0 Å². The van der Waals surface area contributed by atoms with Gasteiger partial charge in [0.25, 0.3) is 0 Å². The lowest BCUT2D eigenvalue weighted by atomic mass is 9.76. The molecule has 1 saturated carbocycles. The van der Waals surface area contributed by atoms with Gasteiger partial charge in [0.05, 0.1) is 21.3 Å². The molecule has 1 aliphatic heterocycles. The summed E-state index contributed by atoms with van der Waals surface area (Å²) in [6.07, 6.45) is 1.34. The summed E-state index contributed by atoms with van der Waals surface area (Å²) in [4.78, 5) is 39.5. The highest BCUT2D eigenvalue weighted by Gasteiger charge is 2.66. The minimum atomic E-state index is -1.73. The number of ether oxygens (including phenoxy) is 4. The highest BCUT2D eigenvalue weighted by atomic mass is 16.5. The maximum absolute atomic E-state index is 13.4. The fourth-order valence-electron chi connectivity index (χ4n) is 4.91. The van der Waals surface area contributed by atoms with Gasteiger partial charge < -0.3 is 18.9 Å². The molecule has 2 aliphatic rings. The lowest BCUT2D eigenvalue weighted by Gasteiger charge is -2.32. The van der Waals surface area contributed by atoms with Crippen LogP contribution in [-0.2, 0) is 33.3 Å². The average Bonchev–Trinajstić information content (AvgIpc) is 3.24. The fourth-order valence-corrected chi connectivity index (χ4v) is 4.91. The van der Waals surface area contributed by atoms with Gasteiger partial charge in [0, 0.05) is 17.5 Å². The second-order valence-corrected chi connectivity index (χ2v) is 8.54. The Morgan fingerprint density at radius 2 is 1.44 bits per heavy atom. The molecule has 1 atom stereocenters. The Morgan fingerprint density at radius 1 is 0.824 bits per heavy atom. The van der Waals surface area contributed by atoms with Crippen LogP contribution in [0.1, 0.15) is 29.5 Å². The second kappa shape index (κ2) is 8.82. The van der Waals surface area contributed by atoms with E-state index in [1.54, 1.807) is 6.08 Å². The molecule has 0 radical (unpaired) electrons.